The van der Waals surface area contributed by atoms with E-state index in [0.29, 0.717) is 5.56 Å². The summed E-state index contributed by atoms with van der Waals surface area (Å²) >= 11 is 0. The van der Waals surface area contributed by atoms with Crippen molar-refractivity contribution in [1.82, 2.24) is 15.8 Å². The highest BCUT2D eigenvalue weighted by Gasteiger charge is 2.08. The molecule has 1 amide bonds. The quantitative estimate of drug-likeness (QED) is 0.828. The van der Waals surface area contributed by atoms with Crippen LogP contribution in [0.25, 0.3) is 0 Å². The predicted molar refractivity (Wildman–Crippen MR) is 69.7 cm³/mol. The van der Waals surface area contributed by atoms with E-state index in [1.54, 1.807) is 36.7 Å². The molecule has 1 aromatic heterocycles. The maximum absolute atomic E-state index is 12.8. The van der Waals surface area contributed by atoms with Crippen LogP contribution in [0.4, 0.5) is 4.39 Å². The van der Waals surface area contributed by atoms with E-state index < -0.39 is 0 Å². The van der Waals surface area contributed by atoms with Crippen molar-refractivity contribution in [2.45, 2.75) is 13.0 Å². The first-order valence-corrected chi connectivity index (χ1v) is 5.88. The molecule has 98 valence electrons. The van der Waals surface area contributed by atoms with Crippen LogP contribution < -0.4 is 10.9 Å². The molecule has 0 fully saturated rings. The second kappa shape index (κ2) is 6.06. The van der Waals surface area contributed by atoms with Gasteiger partial charge in [-0.3, -0.25) is 15.2 Å². The van der Waals surface area contributed by atoms with Gasteiger partial charge in [-0.1, -0.05) is 12.1 Å². The highest BCUT2D eigenvalue weighted by Crippen LogP contribution is 2.11. The van der Waals surface area contributed by atoms with E-state index in [2.05, 4.69) is 15.8 Å². The summed E-state index contributed by atoms with van der Waals surface area (Å²) in [4.78, 5) is 15.6. The van der Waals surface area contributed by atoms with Gasteiger partial charge in [-0.25, -0.2) is 9.82 Å². The molecule has 0 spiro atoms. The van der Waals surface area contributed by atoms with Crippen LogP contribution in [0, 0.1) is 5.82 Å². The summed E-state index contributed by atoms with van der Waals surface area (Å²) in [5.74, 6) is -0.520. The smallest absolute Gasteiger partial charge is 0.265 e. The van der Waals surface area contributed by atoms with E-state index in [-0.39, 0.29) is 17.8 Å². The minimum Gasteiger partial charge on any atom is -0.287 e. The van der Waals surface area contributed by atoms with E-state index >= 15 is 0 Å². The lowest BCUT2D eigenvalue weighted by Crippen LogP contribution is -2.39. The lowest BCUT2D eigenvalue weighted by Gasteiger charge is -2.15. The molecular weight excluding hydrogens is 245 g/mol. The molecule has 1 atom stereocenters. The van der Waals surface area contributed by atoms with Crippen LogP contribution in [0.5, 0.6) is 0 Å². The predicted octanol–water partition coefficient (Wildman–Crippen LogP) is 2.22. The molecule has 2 N–H and O–H groups in total. The van der Waals surface area contributed by atoms with Crippen molar-refractivity contribution >= 4 is 5.91 Å². The average molecular weight is 259 g/mol. The summed E-state index contributed by atoms with van der Waals surface area (Å²) in [7, 11) is 0. The molecule has 0 saturated carbocycles. The summed E-state index contributed by atoms with van der Waals surface area (Å²) in [6.45, 7) is 1.88. The number of halogens is 1. The lowest BCUT2D eigenvalue weighted by atomic mass is 10.1. The van der Waals surface area contributed by atoms with Gasteiger partial charge >= 0.3 is 0 Å². The number of aromatic nitrogens is 1. The van der Waals surface area contributed by atoms with Crippen LogP contribution in [0.2, 0.25) is 0 Å². The van der Waals surface area contributed by atoms with E-state index in [1.165, 1.54) is 12.1 Å². The first kappa shape index (κ1) is 13.2. The van der Waals surface area contributed by atoms with Gasteiger partial charge in [0, 0.05) is 24.0 Å². The number of nitrogens with one attached hydrogen (secondary N) is 2. The molecule has 1 unspecified atom stereocenters. The van der Waals surface area contributed by atoms with E-state index in [4.69, 9.17) is 0 Å². The first-order chi connectivity index (χ1) is 9.16. The Morgan fingerprint density at radius 3 is 2.42 bits per heavy atom. The summed E-state index contributed by atoms with van der Waals surface area (Å²) in [5, 5.41) is 0. The molecule has 0 bridgehead atoms. The molecule has 0 saturated heterocycles. The number of pyridine rings is 1. The topological polar surface area (TPSA) is 54.0 Å². The molecule has 19 heavy (non-hydrogen) atoms. The Balaban J connectivity index is 1.92. The van der Waals surface area contributed by atoms with Crippen molar-refractivity contribution in [3.8, 4) is 0 Å². The van der Waals surface area contributed by atoms with Crippen LogP contribution in [0.1, 0.15) is 28.9 Å². The molecule has 2 rings (SSSR count). The maximum Gasteiger partial charge on any atom is 0.265 e. The minimum atomic E-state index is -0.281. The van der Waals surface area contributed by atoms with Crippen LogP contribution in [-0.2, 0) is 0 Å². The fraction of sp³-hybridized carbons (Fsp3) is 0.143. The zero-order valence-electron chi connectivity index (χ0n) is 10.4. The number of nitrogens with zero attached hydrogens (tertiary/aromatic N) is 1. The molecule has 1 aromatic carbocycles. The molecule has 0 radical (unpaired) electrons. The van der Waals surface area contributed by atoms with Gasteiger partial charge in [-0.05, 0) is 36.8 Å². The minimum absolute atomic E-state index is 0.119. The third kappa shape index (κ3) is 3.59. The van der Waals surface area contributed by atoms with Crippen LogP contribution in [0.3, 0.4) is 0 Å². The van der Waals surface area contributed by atoms with E-state index in [0.717, 1.165) is 5.56 Å². The Morgan fingerprint density at radius 1 is 1.16 bits per heavy atom. The highest BCUT2D eigenvalue weighted by molar-refractivity contribution is 5.93. The number of hydrazine groups is 1. The number of rotatable bonds is 4. The molecule has 4 nitrogen and oxygen atoms in total. The van der Waals surface area contributed by atoms with Gasteiger partial charge in [-0.15, -0.1) is 0 Å². The number of carbonyl (C=O) groups is 1. The normalized spacial score (nSPS) is 11.9. The van der Waals surface area contributed by atoms with Gasteiger partial charge in [-0.2, -0.15) is 0 Å². The third-order valence-electron chi connectivity index (χ3n) is 2.71. The Hall–Kier alpha value is -2.27. The largest absolute Gasteiger partial charge is 0.287 e. The number of benzene rings is 1. The van der Waals surface area contributed by atoms with E-state index in [1.807, 2.05) is 6.92 Å². The SMILES string of the molecule is CC(NNC(=O)c1ccncc1)c1ccc(F)cc1. The van der Waals surface area contributed by atoms with Gasteiger partial charge in [0.25, 0.3) is 5.91 Å². The summed E-state index contributed by atoms with van der Waals surface area (Å²) in [5.41, 5.74) is 6.88. The van der Waals surface area contributed by atoms with Crippen LogP contribution in [0.15, 0.2) is 48.8 Å². The Labute approximate surface area is 110 Å². The maximum atomic E-state index is 12.8. The van der Waals surface area contributed by atoms with Crippen molar-refractivity contribution in [2.24, 2.45) is 0 Å². The fourth-order valence-corrected chi connectivity index (χ4v) is 1.58. The second-order valence-electron chi connectivity index (χ2n) is 4.11. The molecule has 0 aliphatic carbocycles. The standard InChI is InChI=1S/C14H14FN3O/c1-10(11-2-4-13(15)5-3-11)17-18-14(19)12-6-8-16-9-7-12/h2-10,17H,1H3,(H,18,19). The Bertz CT molecular complexity index is 542. The third-order valence-corrected chi connectivity index (χ3v) is 2.71. The van der Waals surface area contributed by atoms with Crippen LogP contribution >= 0.6 is 0 Å². The Morgan fingerprint density at radius 2 is 1.79 bits per heavy atom. The number of hydrogen-bond acceptors (Lipinski definition) is 3. The first-order valence-electron chi connectivity index (χ1n) is 5.88. The average Bonchev–Trinajstić information content (AvgIpc) is 2.46. The van der Waals surface area contributed by atoms with Crippen molar-refractivity contribution in [1.29, 1.82) is 0 Å². The number of amides is 1. The van der Waals surface area contributed by atoms with Gasteiger partial charge < -0.3 is 0 Å². The van der Waals surface area contributed by atoms with Crippen LogP contribution in [-0.4, -0.2) is 10.9 Å². The second-order valence-corrected chi connectivity index (χ2v) is 4.11. The van der Waals surface area contributed by atoms with Crippen molar-refractivity contribution in [3.05, 3.63) is 65.7 Å². The molecular formula is C14H14FN3O. The highest BCUT2D eigenvalue weighted by atomic mass is 19.1. The number of hydrogen-bond donors (Lipinski definition) is 2. The van der Waals surface area contributed by atoms with Gasteiger partial charge in [0.1, 0.15) is 5.82 Å². The fourth-order valence-electron chi connectivity index (χ4n) is 1.58. The van der Waals surface area contributed by atoms with Crippen molar-refractivity contribution < 1.29 is 9.18 Å². The Kier molecular flexibility index (Phi) is 4.20. The zero-order chi connectivity index (χ0) is 13.7. The summed E-state index contributed by atoms with van der Waals surface area (Å²) < 4.78 is 12.8. The lowest BCUT2D eigenvalue weighted by molar-refractivity contribution is 0.0926. The van der Waals surface area contributed by atoms with Gasteiger partial charge in [0.15, 0.2) is 0 Å². The summed E-state index contributed by atoms with van der Waals surface area (Å²) in [6, 6.07) is 9.25. The van der Waals surface area contributed by atoms with Gasteiger partial charge in [0.2, 0.25) is 0 Å². The summed E-state index contributed by atoms with van der Waals surface area (Å²) in [6.07, 6.45) is 3.11. The molecule has 0 aliphatic rings. The molecule has 1 heterocycles. The zero-order valence-corrected chi connectivity index (χ0v) is 10.4. The monoisotopic (exact) mass is 259 g/mol. The van der Waals surface area contributed by atoms with Crippen molar-refractivity contribution in [3.63, 3.8) is 0 Å². The molecule has 2 aromatic rings. The molecule has 5 heteroatoms. The van der Waals surface area contributed by atoms with Gasteiger partial charge in [0.05, 0.1) is 0 Å². The van der Waals surface area contributed by atoms with Crippen molar-refractivity contribution in [2.75, 3.05) is 0 Å². The molecule has 0 aliphatic heterocycles. The van der Waals surface area contributed by atoms with E-state index in [9.17, 15) is 9.18 Å². The number of carbonyl (C=O) groups excluding carboxylic acids is 1.